The molecule has 2 aromatic rings. The van der Waals surface area contributed by atoms with E-state index in [0.29, 0.717) is 24.2 Å². The molecule has 0 unspecified atom stereocenters. The van der Waals surface area contributed by atoms with Crippen molar-refractivity contribution in [3.8, 4) is 6.07 Å². The van der Waals surface area contributed by atoms with Crippen LogP contribution in [0.15, 0.2) is 41.3 Å². The van der Waals surface area contributed by atoms with Crippen molar-refractivity contribution in [2.75, 3.05) is 25.0 Å². The van der Waals surface area contributed by atoms with Crippen LogP contribution in [0.2, 0.25) is 0 Å². The van der Waals surface area contributed by atoms with E-state index in [1.54, 1.807) is 41.4 Å². The van der Waals surface area contributed by atoms with E-state index in [1.165, 1.54) is 4.68 Å². The lowest BCUT2D eigenvalue weighted by Crippen LogP contribution is -2.43. The monoisotopic (exact) mass is 379 g/mol. The number of hydrogen-bond acceptors (Lipinski definition) is 5. The van der Waals surface area contributed by atoms with Gasteiger partial charge in [-0.15, -0.1) is 0 Å². The van der Waals surface area contributed by atoms with Gasteiger partial charge in [-0.2, -0.15) is 10.4 Å². The summed E-state index contributed by atoms with van der Waals surface area (Å²) < 4.78 is 1.50. The fourth-order valence-electron chi connectivity index (χ4n) is 3.38. The lowest BCUT2D eigenvalue weighted by molar-refractivity contribution is 0.0670. The number of nitriles is 1. The number of aromatic nitrogens is 2. The summed E-state index contributed by atoms with van der Waals surface area (Å²) in [5.74, 6) is -0.0848. The molecule has 0 N–H and O–H groups in total. The Morgan fingerprint density at radius 1 is 1.32 bits per heavy atom. The number of rotatable bonds is 4. The SMILES string of the molecule is CC(C)N(C)c1cnn([C@@H]2CCCN(C(=O)c3ccc(C#N)cc3)C2)c(=O)c1. The van der Waals surface area contributed by atoms with Crippen molar-refractivity contribution < 1.29 is 4.79 Å². The second-order valence-corrected chi connectivity index (χ2v) is 7.44. The molecule has 2 heterocycles. The maximum atomic E-state index is 12.8. The lowest BCUT2D eigenvalue weighted by Gasteiger charge is -2.33. The van der Waals surface area contributed by atoms with E-state index in [2.05, 4.69) is 25.0 Å². The molecule has 1 fully saturated rings. The molecule has 146 valence electrons. The minimum atomic E-state index is -0.150. The number of amides is 1. The van der Waals surface area contributed by atoms with Gasteiger partial charge in [0, 0.05) is 37.8 Å². The summed E-state index contributed by atoms with van der Waals surface area (Å²) in [6, 6.07) is 10.4. The van der Waals surface area contributed by atoms with Gasteiger partial charge >= 0.3 is 0 Å². The molecule has 1 aliphatic heterocycles. The first kappa shape index (κ1) is 19.6. The number of anilines is 1. The molecule has 1 amide bonds. The van der Waals surface area contributed by atoms with Crippen LogP contribution in [0.4, 0.5) is 5.69 Å². The molecular formula is C21H25N5O2. The molecule has 3 rings (SSSR count). The van der Waals surface area contributed by atoms with Crippen molar-refractivity contribution in [3.63, 3.8) is 0 Å². The summed E-state index contributed by atoms with van der Waals surface area (Å²) >= 11 is 0. The molecule has 7 nitrogen and oxygen atoms in total. The Hall–Kier alpha value is -3.14. The van der Waals surface area contributed by atoms with Gasteiger partial charge in [0.1, 0.15) is 0 Å². The average molecular weight is 379 g/mol. The predicted molar refractivity (Wildman–Crippen MR) is 107 cm³/mol. The number of carbonyl (C=O) groups excluding carboxylic acids is 1. The van der Waals surface area contributed by atoms with Gasteiger partial charge in [-0.25, -0.2) is 4.68 Å². The highest BCUT2D eigenvalue weighted by molar-refractivity contribution is 5.94. The van der Waals surface area contributed by atoms with Gasteiger partial charge in [0.15, 0.2) is 0 Å². The Morgan fingerprint density at radius 2 is 2.04 bits per heavy atom. The predicted octanol–water partition coefficient (Wildman–Crippen LogP) is 2.44. The summed E-state index contributed by atoms with van der Waals surface area (Å²) in [5.41, 5.74) is 1.71. The average Bonchev–Trinajstić information content (AvgIpc) is 2.72. The van der Waals surface area contributed by atoms with Crippen LogP contribution < -0.4 is 10.5 Å². The topological polar surface area (TPSA) is 82.2 Å². The van der Waals surface area contributed by atoms with Crippen LogP contribution in [0.25, 0.3) is 0 Å². The Morgan fingerprint density at radius 3 is 2.64 bits per heavy atom. The molecule has 0 aliphatic carbocycles. The van der Waals surface area contributed by atoms with Crippen molar-refractivity contribution in [3.05, 3.63) is 58.0 Å². The van der Waals surface area contributed by atoms with Crippen LogP contribution in [-0.2, 0) is 0 Å². The first-order chi connectivity index (χ1) is 13.4. The van der Waals surface area contributed by atoms with E-state index in [4.69, 9.17) is 5.26 Å². The van der Waals surface area contributed by atoms with Crippen LogP contribution in [0, 0.1) is 11.3 Å². The normalized spacial score (nSPS) is 16.7. The third-order valence-corrected chi connectivity index (χ3v) is 5.28. The lowest BCUT2D eigenvalue weighted by atomic mass is 10.0. The van der Waals surface area contributed by atoms with Crippen molar-refractivity contribution in [2.45, 2.75) is 38.8 Å². The van der Waals surface area contributed by atoms with Crippen LogP contribution in [-0.4, -0.2) is 46.8 Å². The zero-order valence-corrected chi connectivity index (χ0v) is 16.5. The van der Waals surface area contributed by atoms with E-state index in [0.717, 1.165) is 18.5 Å². The zero-order valence-electron chi connectivity index (χ0n) is 16.5. The smallest absolute Gasteiger partial charge is 0.269 e. The van der Waals surface area contributed by atoms with Crippen molar-refractivity contribution in [2.24, 2.45) is 0 Å². The van der Waals surface area contributed by atoms with Gasteiger partial charge in [-0.3, -0.25) is 9.59 Å². The van der Waals surface area contributed by atoms with Gasteiger partial charge in [0.2, 0.25) is 0 Å². The standard InChI is InChI=1S/C21H25N5O2/c1-15(2)24(3)19-11-20(27)26(23-13-19)18-5-4-10-25(14-18)21(28)17-8-6-16(12-22)7-9-17/h6-9,11,13,15,18H,4-5,10,14H2,1-3H3/t18-/m1/s1. The summed E-state index contributed by atoms with van der Waals surface area (Å²) in [4.78, 5) is 29.2. The maximum absolute atomic E-state index is 12.8. The summed E-state index contributed by atoms with van der Waals surface area (Å²) in [5, 5.41) is 13.3. The van der Waals surface area contributed by atoms with E-state index >= 15 is 0 Å². The first-order valence-electron chi connectivity index (χ1n) is 9.52. The van der Waals surface area contributed by atoms with Crippen molar-refractivity contribution in [1.29, 1.82) is 5.26 Å². The first-order valence-corrected chi connectivity index (χ1v) is 9.52. The molecule has 1 aromatic heterocycles. The largest absolute Gasteiger partial charge is 0.371 e. The summed E-state index contributed by atoms with van der Waals surface area (Å²) in [6.45, 7) is 5.21. The number of carbonyl (C=O) groups is 1. The number of benzene rings is 1. The van der Waals surface area contributed by atoms with Gasteiger partial charge in [0.05, 0.1) is 29.6 Å². The minimum Gasteiger partial charge on any atom is -0.371 e. The highest BCUT2D eigenvalue weighted by Gasteiger charge is 2.27. The summed E-state index contributed by atoms with van der Waals surface area (Å²) in [6.07, 6.45) is 3.33. The Balaban J connectivity index is 1.76. The quantitative estimate of drug-likeness (QED) is 0.815. The molecule has 0 bridgehead atoms. The number of likely N-dealkylation sites (tertiary alicyclic amines) is 1. The Bertz CT molecular complexity index is 943. The fourth-order valence-corrected chi connectivity index (χ4v) is 3.38. The molecule has 28 heavy (non-hydrogen) atoms. The van der Waals surface area contributed by atoms with Gasteiger partial charge < -0.3 is 9.80 Å². The van der Waals surface area contributed by atoms with Crippen molar-refractivity contribution >= 4 is 11.6 Å². The van der Waals surface area contributed by atoms with E-state index in [9.17, 15) is 9.59 Å². The second-order valence-electron chi connectivity index (χ2n) is 7.44. The van der Waals surface area contributed by atoms with Gasteiger partial charge in [0.25, 0.3) is 11.5 Å². The third-order valence-electron chi connectivity index (χ3n) is 5.28. The van der Waals surface area contributed by atoms with E-state index in [-0.39, 0.29) is 23.6 Å². The molecule has 0 saturated carbocycles. The maximum Gasteiger partial charge on any atom is 0.269 e. The number of hydrogen-bond donors (Lipinski definition) is 0. The highest BCUT2D eigenvalue weighted by atomic mass is 16.2. The molecule has 1 saturated heterocycles. The molecule has 1 aromatic carbocycles. The van der Waals surface area contributed by atoms with Crippen LogP contribution in [0.5, 0.6) is 0 Å². The molecule has 7 heteroatoms. The minimum absolute atomic E-state index is 0.0848. The Labute approximate surface area is 164 Å². The van der Waals surface area contributed by atoms with Crippen LogP contribution in [0.1, 0.15) is 48.7 Å². The Kier molecular flexibility index (Phi) is 5.78. The molecule has 0 radical (unpaired) electrons. The summed E-state index contributed by atoms with van der Waals surface area (Å²) in [7, 11) is 1.93. The molecule has 0 spiro atoms. The molecule has 1 atom stereocenters. The zero-order chi connectivity index (χ0) is 20.3. The molecule has 1 aliphatic rings. The van der Waals surface area contributed by atoms with Crippen LogP contribution in [0.3, 0.4) is 0 Å². The van der Waals surface area contributed by atoms with E-state index in [1.807, 2.05) is 11.9 Å². The third kappa shape index (κ3) is 4.06. The fraction of sp³-hybridized carbons (Fsp3) is 0.429. The number of piperidine rings is 1. The van der Waals surface area contributed by atoms with Gasteiger partial charge in [-0.1, -0.05) is 0 Å². The van der Waals surface area contributed by atoms with Crippen LogP contribution >= 0.6 is 0 Å². The van der Waals surface area contributed by atoms with Gasteiger partial charge in [-0.05, 0) is 51.0 Å². The number of nitrogens with zero attached hydrogens (tertiary/aromatic N) is 5. The molecular weight excluding hydrogens is 354 g/mol. The van der Waals surface area contributed by atoms with Crippen molar-refractivity contribution in [1.82, 2.24) is 14.7 Å². The highest BCUT2D eigenvalue weighted by Crippen LogP contribution is 2.22. The van der Waals surface area contributed by atoms with E-state index < -0.39 is 0 Å². The second kappa shape index (κ2) is 8.26.